The third kappa shape index (κ3) is 3.60. The first-order valence-electron chi connectivity index (χ1n) is 3.83. The molecule has 1 aliphatic rings. The molecule has 0 aromatic rings. The highest BCUT2D eigenvalue weighted by atomic mass is 79.9. The Labute approximate surface area is 93.2 Å². The minimum Gasteiger partial charge on any atom is -0.0878 e. The molecule has 0 amide bonds. The first-order valence-corrected chi connectivity index (χ1v) is 6.45. The Morgan fingerprint density at radius 2 is 1.82 bits per heavy atom. The zero-order valence-electron chi connectivity index (χ0n) is 6.19. The van der Waals surface area contributed by atoms with Crippen molar-refractivity contribution < 1.29 is 0 Å². The van der Waals surface area contributed by atoms with Gasteiger partial charge in [-0.15, -0.1) is 0 Å². The molecule has 0 aromatic carbocycles. The second kappa shape index (κ2) is 5.03. The van der Waals surface area contributed by atoms with Crippen molar-refractivity contribution in [2.24, 2.45) is 0 Å². The lowest BCUT2D eigenvalue weighted by Crippen LogP contribution is -2.14. The molecule has 2 atom stereocenters. The van der Waals surface area contributed by atoms with Crippen molar-refractivity contribution in [3.05, 3.63) is 10.6 Å². The van der Waals surface area contributed by atoms with Crippen molar-refractivity contribution in [3.63, 3.8) is 0 Å². The fourth-order valence-electron chi connectivity index (χ4n) is 1.14. The summed E-state index contributed by atoms with van der Waals surface area (Å²) >= 11 is 10.9. The molecule has 1 rings (SSSR count). The third-order valence-electron chi connectivity index (χ3n) is 1.86. The Bertz CT molecular complexity index is 153. The van der Waals surface area contributed by atoms with Crippen LogP contribution in [0.2, 0.25) is 0 Å². The number of alkyl halides is 2. The molecule has 0 spiro atoms. The van der Waals surface area contributed by atoms with E-state index in [1.54, 1.807) is 0 Å². The standard InChI is InChI=1S/C8H11Br3/c9-6-2-1-3-7(10)8(11)5-4-6/h2,7-8H,1,3-5H2/b6-2+/t7-,8-/m0/s1. The lowest BCUT2D eigenvalue weighted by molar-refractivity contribution is 0.681. The van der Waals surface area contributed by atoms with Gasteiger partial charge < -0.3 is 0 Å². The van der Waals surface area contributed by atoms with Gasteiger partial charge in [0.15, 0.2) is 0 Å². The van der Waals surface area contributed by atoms with Crippen LogP contribution in [0.1, 0.15) is 25.7 Å². The molecule has 0 unspecified atom stereocenters. The van der Waals surface area contributed by atoms with Gasteiger partial charge in [0.2, 0.25) is 0 Å². The van der Waals surface area contributed by atoms with Crippen molar-refractivity contribution in [3.8, 4) is 0 Å². The van der Waals surface area contributed by atoms with E-state index in [0.29, 0.717) is 9.65 Å². The summed E-state index contributed by atoms with van der Waals surface area (Å²) in [6.07, 6.45) is 7.07. The van der Waals surface area contributed by atoms with E-state index < -0.39 is 0 Å². The van der Waals surface area contributed by atoms with Gasteiger partial charge in [0, 0.05) is 9.65 Å². The summed E-state index contributed by atoms with van der Waals surface area (Å²) in [5.41, 5.74) is 0. The number of allylic oxidation sites excluding steroid dienone is 2. The minimum absolute atomic E-state index is 0.628. The summed E-state index contributed by atoms with van der Waals surface area (Å²) in [4.78, 5) is 1.27. The van der Waals surface area contributed by atoms with Crippen molar-refractivity contribution in [2.75, 3.05) is 0 Å². The van der Waals surface area contributed by atoms with E-state index >= 15 is 0 Å². The zero-order valence-corrected chi connectivity index (χ0v) is 11.0. The molecule has 1 aliphatic carbocycles. The van der Waals surface area contributed by atoms with E-state index in [-0.39, 0.29) is 0 Å². The van der Waals surface area contributed by atoms with Crippen LogP contribution in [0.25, 0.3) is 0 Å². The lowest BCUT2D eigenvalue weighted by atomic mass is 10.1. The van der Waals surface area contributed by atoms with Gasteiger partial charge in [-0.3, -0.25) is 0 Å². The first-order chi connectivity index (χ1) is 5.20. The van der Waals surface area contributed by atoms with Crippen LogP contribution < -0.4 is 0 Å². The SMILES string of the molecule is Br/C1=C/CC[C@H](Br)[C@@H](Br)CC1. The number of halogens is 3. The first kappa shape index (κ1) is 10.3. The normalized spacial score (nSPS) is 38.6. The molecule has 0 N–H and O–H groups in total. The fraction of sp³-hybridized carbons (Fsp3) is 0.750. The average molecular weight is 347 g/mol. The van der Waals surface area contributed by atoms with E-state index in [4.69, 9.17) is 0 Å². The van der Waals surface area contributed by atoms with Crippen LogP contribution >= 0.6 is 47.8 Å². The van der Waals surface area contributed by atoms with Crippen molar-refractivity contribution in [1.82, 2.24) is 0 Å². The smallest absolute Gasteiger partial charge is 0.0274 e. The third-order valence-corrected chi connectivity index (χ3v) is 5.48. The quantitative estimate of drug-likeness (QED) is 0.571. The molecule has 3 heteroatoms. The predicted octanol–water partition coefficient (Wildman–Crippen LogP) is 4.37. The minimum atomic E-state index is 0.628. The maximum Gasteiger partial charge on any atom is 0.0274 e. The second-order valence-corrected chi connectivity index (χ2v) is 6.17. The van der Waals surface area contributed by atoms with Gasteiger partial charge in [0.25, 0.3) is 0 Å². The molecular weight excluding hydrogens is 336 g/mol. The molecule has 0 nitrogen and oxygen atoms in total. The van der Waals surface area contributed by atoms with E-state index in [1.807, 2.05) is 0 Å². The molecule has 0 aromatic heterocycles. The van der Waals surface area contributed by atoms with E-state index in [2.05, 4.69) is 53.9 Å². The Morgan fingerprint density at radius 1 is 1.18 bits per heavy atom. The van der Waals surface area contributed by atoms with Crippen molar-refractivity contribution in [2.45, 2.75) is 35.3 Å². The second-order valence-electron chi connectivity index (χ2n) is 2.80. The molecular formula is C8H11Br3. The Balaban J connectivity index is 2.49. The van der Waals surface area contributed by atoms with Crippen LogP contribution in [0, 0.1) is 0 Å². The Morgan fingerprint density at radius 3 is 2.55 bits per heavy atom. The van der Waals surface area contributed by atoms with E-state index in [9.17, 15) is 0 Å². The molecule has 0 heterocycles. The van der Waals surface area contributed by atoms with Gasteiger partial charge in [0.05, 0.1) is 0 Å². The largest absolute Gasteiger partial charge is 0.0878 e. The van der Waals surface area contributed by atoms with Crippen LogP contribution in [0.5, 0.6) is 0 Å². The zero-order chi connectivity index (χ0) is 8.27. The van der Waals surface area contributed by atoms with Crippen LogP contribution in [0.15, 0.2) is 10.6 Å². The van der Waals surface area contributed by atoms with Crippen molar-refractivity contribution in [1.29, 1.82) is 0 Å². The van der Waals surface area contributed by atoms with Gasteiger partial charge in [-0.25, -0.2) is 0 Å². The molecule has 64 valence electrons. The molecule has 0 radical (unpaired) electrons. The summed E-state index contributed by atoms with van der Waals surface area (Å²) in [6, 6.07) is 0. The van der Waals surface area contributed by atoms with E-state index in [1.165, 1.54) is 23.7 Å². The Kier molecular flexibility index (Phi) is 4.69. The Hall–Kier alpha value is 1.18. The predicted molar refractivity (Wildman–Crippen MR) is 60.9 cm³/mol. The average Bonchev–Trinajstić information content (AvgIpc) is 1.98. The van der Waals surface area contributed by atoms with Gasteiger partial charge in [-0.2, -0.15) is 0 Å². The molecule has 0 aliphatic heterocycles. The van der Waals surface area contributed by atoms with Crippen LogP contribution in [-0.2, 0) is 0 Å². The van der Waals surface area contributed by atoms with Crippen LogP contribution in [0.3, 0.4) is 0 Å². The molecule has 0 saturated carbocycles. The highest BCUT2D eigenvalue weighted by Gasteiger charge is 2.16. The maximum absolute atomic E-state index is 3.67. The van der Waals surface area contributed by atoms with Gasteiger partial charge in [-0.05, 0) is 30.2 Å². The summed E-state index contributed by atoms with van der Waals surface area (Å²) in [5.74, 6) is 0. The van der Waals surface area contributed by atoms with Crippen LogP contribution in [-0.4, -0.2) is 9.65 Å². The molecule has 0 fully saturated rings. The monoisotopic (exact) mass is 344 g/mol. The molecule has 0 bridgehead atoms. The van der Waals surface area contributed by atoms with E-state index in [0.717, 1.165) is 6.42 Å². The number of hydrogen-bond acceptors (Lipinski definition) is 0. The maximum atomic E-state index is 3.67. The molecule has 0 saturated heterocycles. The topological polar surface area (TPSA) is 0 Å². The highest BCUT2D eigenvalue weighted by molar-refractivity contribution is 9.12. The summed E-state index contributed by atoms with van der Waals surface area (Å²) in [6.45, 7) is 0. The number of rotatable bonds is 0. The summed E-state index contributed by atoms with van der Waals surface area (Å²) in [5, 5.41) is 0. The van der Waals surface area contributed by atoms with Crippen molar-refractivity contribution >= 4 is 47.8 Å². The lowest BCUT2D eigenvalue weighted by Gasteiger charge is -2.18. The fourth-order valence-corrected chi connectivity index (χ4v) is 2.62. The highest BCUT2D eigenvalue weighted by Crippen LogP contribution is 2.29. The van der Waals surface area contributed by atoms with Gasteiger partial charge in [0.1, 0.15) is 0 Å². The van der Waals surface area contributed by atoms with Gasteiger partial charge in [-0.1, -0.05) is 53.9 Å². The number of hydrogen-bond donors (Lipinski definition) is 0. The van der Waals surface area contributed by atoms with Crippen LogP contribution in [0.4, 0.5) is 0 Å². The van der Waals surface area contributed by atoms with Gasteiger partial charge >= 0.3 is 0 Å². The summed E-state index contributed by atoms with van der Waals surface area (Å²) < 4.78 is 1.36. The molecule has 11 heavy (non-hydrogen) atoms. The summed E-state index contributed by atoms with van der Waals surface area (Å²) in [7, 11) is 0.